The standard InChI is InChI=1S/C12H22O/c1-9(2)12(10(3)4)8-6-5-7-11(12)13/h6,8-11,13H,5,7H2,1-4H3. The summed E-state index contributed by atoms with van der Waals surface area (Å²) in [5.74, 6) is 1.03. The second-order valence-electron chi connectivity index (χ2n) is 4.80. The molecule has 1 unspecified atom stereocenters. The first-order valence-corrected chi connectivity index (χ1v) is 5.37. The molecule has 1 aliphatic carbocycles. The molecule has 0 aliphatic heterocycles. The molecule has 0 amide bonds. The van der Waals surface area contributed by atoms with Gasteiger partial charge in [-0.2, -0.15) is 0 Å². The van der Waals surface area contributed by atoms with Crippen LogP contribution < -0.4 is 0 Å². The van der Waals surface area contributed by atoms with Crippen molar-refractivity contribution in [3.63, 3.8) is 0 Å². The van der Waals surface area contributed by atoms with Crippen molar-refractivity contribution in [3.05, 3.63) is 12.2 Å². The summed E-state index contributed by atoms with van der Waals surface area (Å²) in [7, 11) is 0. The summed E-state index contributed by atoms with van der Waals surface area (Å²) in [4.78, 5) is 0. The third-order valence-corrected chi connectivity index (χ3v) is 3.59. The van der Waals surface area contributed by atoms with Crippen molar-refractivity contribution in [1.82, 2.24) is 0 Å². The van der Waals surface area contributed by atoms with Gasteiger partial charge in [0, 0.05) is 5.41 Å². The predicted octanol–water partition coefficient (Wildman–Crippen LogP) is 3.00. The van der Waals surface area contributed by atoms with Gasteiger partial charge in [-0.3, -0.25) is 0 Å². The summed E-state index contributed by atoms with van der Waals surface area (Å²) in [5.41, 5.74) is 0.0122. The highest BCUT2D eigenvalue weighted by atomic mass is 16.3. The molecule has 1 atom stereocenters. The molecule has 0 fully saturated rings. The van der Waals surface area contributed by atoms with Crippen LogP contribution in [0.1, 0.15) is 40.5 Å². The zero-order valence-corrected chi connectivity index (χ0v) is 9.25. The smallest absolute Gasteiger partial charge is 0.0638 e. The average molecular weight is 182 g/mol. The highest BCUT2D eigenvalue weighted by Crippen LogP contribution is 2.44. The van der Waals surface area contributed by atoms with Crippen molar-refractivity contribution < 1.29 is 5.11 Å². The number of rotatable bonds is 2. The van der Waals surface area contributed by atoms with Crippen LogP contribution in [0.25, 0.3) is 0 Å². The Kier molecular flexibility index (Phi) is 3.18. The molecule has 0 saturated heterocycles. The van der Waals surface area contributed by atoms with Crippen LogP contribution in [0.2, 0.25) is 0 Å². The lowest BCUT2D eigenvalue weighted by Crippen LogP contribution is -2.44. The number of hydrogen-bond donors (Lipinski definition) is 1. The Bertz CT molecular complexity index is 183. The third-order valence-electron chi connectivity index (χ3n) is 3.59. The average Bonchev–Trinajstić information content (AvgIpc) is 2.04. The number of allylic oxidation sites excluding steroid dienone is 1. The molecule has 0 aromatic heterocycles. The largest absolute Gasteiger partial charge is 0.392 e. The number of aliphatic hydroxyl groups is 1. The Balaban J connectivity index is 3.00. The van der Waals surface area contributed by atoms with Gasteiger partial charge in [0.05, 0.1) is 6.10 Å². The second-order valence-corrected chi connectivity index (χ2v) is 4.80. The Morgan fingerprint density at radius 2 is 1.77 bits per heavy atom. The fraction of sp³-hybridized carbons (Fsp3) is 0.833. The van der Waals surface area contributed by atoms with Gasteiger partial charge in [-0.1, -0.05) is 39.8 Å². The molecule has 0 bridgehead atoms. The van der Waals surface area contributed by atoms with E-state index in [0.29, 0.717) is 11.8 Å². The van der Waals surface area contributed by atoms with Gasteiger partial charge in [0.25, 0.3) is 0 Å². The van der Waals surface area contributed by atoms with Gasteiger partial charge in [0.2, 0.25) is 0 Å². The molecule has 76 valence electrons. The maximum atomic E-state index is 10.1. The van der Waals surface area contributed by atoms with Crippen molar-refractivity contribution in [2.75, 3.05) is 0 Å². The zero-order valence-electron chi connectivity index (χ0n) is 9.25. The van der Waals surface area contributed by atoms with Crippen molar-refractivity contribution in [2.45, 2.75) is 46.6 Å². The molecule has 1 aliphatic rings. The lowest BCUT2D eigenvalue weighted by Gasteiger charge is -2.45. The molecule has 0 saturated carbocycles. The fourth-order valence-corrected chi connectivity index (χ4v) is 2.72. The van der Waals surface area contributed by atoms with Crippen LogP contribution in [0, 0.1) is 17.3 Å². The van der Waals surface area contributed by atoms with E-state index in [1.54, 1.807) is 0 Å². The molecule has 1 N–H and O–H groups in total. The monoisotopic (exact) mass is 182 g/mol. The van der Waals surface area contributed by atoms with Gasteiger partial charge in [-0.25, -0.2) is 0 Å². The van der Waals surface area contributed by atoms with E-state index >= 15 is 0 Å². The van der Waals surface area contributed by atoms with E-state index in [9.17, 15) is 5.11 Å². The molecular weight excluding hydrogens is 160 g/mol. The van der Waals surface area contributed by atoms with Gasteiger partial charge < -0.3 is 5.11 Å². The highest BCUT2D eigenvalue weighted by Gasteiger charge is 2.42. The molecule has 1 nitrogen and oxygen atoms in total. The first-order chi connectivity index (χ1) is 6.01. The molecule has 1 rings (SSSR count). The van der Waals surface area contributed by atoms with E-state index in [2.05, 4.69) is 39.8 Å². The Morgan fingerprint density at radius 1 is 1.23 bits per heavy atom. The quantitative estimate of drug-likeness (QED) is 0.651. The molecule has 0 spiro atoms. The first-order valence-electron chi connectivity index (χ1n) is 5.37. The van der Waals surface area contributed by atoms with Crippen LogP contribution in [0.3, 0.4) is 0 Å². The van der Waals surface area contributed by atoms with Crippen molar-refractivity contribution in [3.8, 4) is 0 Å². The van der Waals surface area contributed by atoms with Gasteiger partial charge in [0.1, 0.15) is 0 Å². The molecule has 0 radical (unpaired) electrons. The first kappa shape index (κ1) is 10.8. The lowest BCUT2D eigenvalue weighted by molar-refractivity contribution is -0.0175. The Labute approximate surface area is 81.9 Å². The molecule has 0 aromatic carbocycles. The van der Waals surface area contributed by atoms with Crippen LogP contribution >= 0.6 is 0 Å². The predicted molar refractivity (Wildman–Crippen MR) is 56.5 cm³/mol. The maximum absolute atomic E-state index is 10.1. The molecule has 0 heterocycles. The van der Waals surface area contributed by atoms with Gasteiger partial charge >= 0.3 is 0 Å². The Morgan fingerprint density at radius 3 is 2.08 bits per heavy atom. The molecular formula is C12H22O. The van der Waals surface area contributed by atoms with Crippen LogP contribution in [-0.2, 0) is 0 Å². The summed E-state index contributed by atoms with van der Waals surface area (Å²) < 4.78 is 0. The normalized spacial score (nSPS) is 27.2. The minimum Gasteiger partial charge on any atom is -0.392 e. The topological polar surface area (TPSA) is 20.2 Å². The minimum atomic E-state index is -0.155. The van der Waals surface area contributed by atoms with Crippen LogP contribution in [-0.4, -0.2) is 11.2 Å². The SMILES string of the molecule is CC(C)C1(C(C)C)C=CCCC1O. The zero-order chi connectivity index (χ0) is 10.1. The van der Waals surface area contributed by atoms with Crippen LogP contribution in [0.5, 0.6) is 0 Å². The Hall–Kier alpha value is -0.300. The summed E-state index contributed by atoms with van der Waals surface area (Å²) in [6.07, 6.45) is 6.27. The van der Waals surface area contributed by atoms with E-state index in [0.717, 1.165) is 12.8 Å². The third kappa shape index (κ3) is 1.67. The van der Waals surface area contributed by atoms with Crippen molar-refractivity contribution >= 4 is 0 Å². The van der Waals surface area contributed by atoms with Gasteiger partial charge in [0.15, 0.2) is 0 Å². The van der Waals surface area contributed by atoms with E-state index < -0.39 is 0 Å². The van der Waals surface area contributed by atoms with Crippen molar-refractivity contribution in [2.24, 2.45) is 17.3 Å². The minimum absolute atomic E-state index is 0.0122. The van der Waals surface area contributed by atoms with E-state index in [1.807, 2.05) is 0 Å². The summed E-state index contributed by atoms with van der Waals surface area (Å²) in [5, 5.41) is 10.1. The van der Waals surface area contributed by atoms with Crippen LogP contribution in [0.15, 0.2) is 12.2 Å². The fourth-order valence-electron chi connectivity index (χ4n) is 2.72. The molecule has 13 heavy (non-hydrogen) atoms. The molecule has 1 heteroatoms. The maximum Gasteiger partial charge on any atom is 0.0638 e. The van der Waals surface area contributed by atoms with Gasteiger partial charge in [-0.15, -0.1) is 0 Å². The van der Waals surface area contributed by atoms with Crippen molar-refractivity contribution in [1.29, 1.82) is 0 Å². The van der Waals surface area contributed by atoms with Crippen LogP contribution in [0.4, 0.5) is 0 Å². The van der Waals surface area contributed by atoms with E-state index in [-0.39, 0.29) is 11.5 Å². The number of hydrogen-bond acceptors (Lipinski definition) is 1. The highest BCUT2D eigenvalue weighted by molar-refractivity contribution is 5.10. The number of aliphatic hydroxyl groups excluding tert-OH is 1. The van der Waals surface area contributed by atoms with E-state index in [4.69, 9.17) is 0 Å². The summed E-state index contributed by atoms with van der Waals surface area (Å²) in [6, 6.07) is 0. The van der Waals surface area contributed by atoms with Gasteiger partial charge in [-0.05, 0) is 24.7 Å². The summed E-state index contributed by atoms with van der Waals surface area (Å²) >= 11 is 0. The lowest BCUT2D eigenvalue weighted by atomic mass is 9.62. The summed E-state index contributed by atoms with van der Waals surface area (Å²) in [6.45, 7) is 8.83. The van der Waals surface area contributed by atoms with E-state index in [1.165, 1.54) is 0 Å². The second kappa shape index (κ2) is 3.83. The molecule has 0 aromatic rings.